The van der Waals surface area contributed by atoms with Crippen molar-refractivity contribution in [1.82, 2.24) is 10.1 Å². The van der Waals surface area contributed by atoms with Gasteiger partial charge in [-0.2, -0.15) is 0 Å². The van der Waals surface area contributed by atoms with Gasteiger partial charge >= 0.3 is 0 Å². The Balaban J connectivity index is 1.86. The van der Waals surface area contributed by atoms with Crippen molar-refractivity contribution in [1.29, 1.82) is 0 Å². The smallest absolute Gasteiger partial charge is 0.290 e. The Bertz CT molecular complexity index is 627. The number of nitrogens with zero attached hydrogens (tertiary/aromatic N) is 6. The number of nitrogens with one attached hydrogen (secondary N) is 1. The summed E-state index contributed by atoms with van der Waals surface area (Å²) in [6.45, 7) is 1.50. The van der Waals surface area contributed by atoms with Crippen molar-refractivity contribution in [3.8, 4) is 0 Å². The number of aromatic nitrogens is 3. The SMILES string of the molecule is [N-]=[N+]=NCCOCCNc1nc2ccccc2[n+]([O-])n1. The molecule has 1 aromatic carbocycles. The summed E-state index contributed by atoms with van der Waals surface area (Å²) < 4.78 is 5.21. The molecule has 2 aromatic rings. The largest absolute Gasteiger partial charge is 0.594 e. The topological polar surface area (TPSA) is 123 Å². The summed E-state index contributed by atoms with van der Waals surface area (Å²) >= 11 is 0. The Morgan fingerprint density at radius 3 is 3.10 bits per heavy atom. The summed E-state index contributed by atoms with van der Waals surface area (Å²) in [6.07, 6.45) is 0. The summed E-state index contributed by atoms with van der Waals surface area (Å²) in [7, 11) is 0. The lowest BCUT2D eigenvalue weighted by Gasteiger charge is -2.05. The molecule has 0 saturated heterocycles. The highest BCUT2D eigenvalue weighted by molar-refractivity contribution is 5.71. The average Bonchev–Trinajstić information content (AvgIpc) is 2.46. The lowest BCUT2D eigenvalue weighted by molar-refractivity contribution is -0.641. The predicted molar refractivity (Wildman–Crippen MR) is 71.8 cm³/mol. The first-order chi connectivity index (χ1) is 9.81. The van der Waals surface area contributed by atoms with E-state index in [2.05, 4.69) is 25.4 Å². The lowest BCUT2D eigenvalue weighted by atomic mass is 10.3. The highest BCUT2D eigenvalue weighted by Crippen LogP contribution is 2.07. The number of benzene rings is 1. The fraction of sp³-hybridized carbons (Fsp3) is 0.364. The van der Waals surface area contributed by atoms with Crippen LogP contribution >= 0.6 is 0 Å². The van der Waals surface area contributed by atoms with Crippen LogP contribution in [0.3, 0.4) is 0 Å². The minimum Gasteiger partial charge on any atom is -0.594 e. The normalized spacial score (nSPS) is 10.2. The number of hydrogen-bond donors (Lipinski definition) is 1. The number of rotatable bonds is 7. The molecule has 0 amide bonds. The van der Waals surface area contributed by atoms with E-state index in [4.69, 9.17) is 10.3 Å². The zero-order chi connectivity index (χ0) is 14.2. The van der Waals surface area contributed by atoms with E-state index in [-0.39, 0.29) is 5.95 Å². The van der Waals surface area contributed by atoms with Crippen LogP contribution in [0.15, 0.2) is 29.4 Å². The van der Waals surface area contributed by atoms with E-state index in [1.165, 1.54) is 0 Å². The number of para-hydroxylation sites is 2. The summed E-state index contributed by atoms with van der Waals surface area (Å²) in [5.74, 6) is 0.248. The molecule has 9 nitrogen and oxygen atoms in total. The zero-order valence-electron chi connectivity index (χ0n) is 10.6. The molecule has 0 atom stereocenters. The molecule has 1 N–H and O–H groups in total. The van der Waals surface area contributed by atoms with Crippen LogP contribution in [0.5, 0.6) is 0 Å². The Kier molecular flexibility index (Phi) is 4.87. The van der Waals surface area contributed by atoms with Crippen molar-refractivity contribution < 1.29 is 9.58 Å². The van der Waals surface area contributed by atoms with Gasteiger partial charge in [0, 0.05) is 24.1 Å². The fourth-order valence-corrected chi connectivity index (χ4v) is 1.56. The molecule has 0 aliphatic rings. The molecule has 0 aliphatic carbocycles. The highest BCUT2D eigenvalue weighted by Gasteiger charge is 2.08. The molecule has 2 rings (SSSR count). The Morgan fingerprint density at radius 1 is 1.40 bits per heavy atom. The van der Waals surface area contributed by atoms with Crippen molar-refractivity contribution >= 4 is 17.0 Å². The van der Waals surface area contributed by atoms with Crippen molar-refractivity contribution in [2.45, 2.75) is 0 Å². The quantitative estimate of drug-likeness (QED) is 0.202. The number of fused-ring (bicyclic) bond motifs is 1. The minimum atomic E-state index is 0.248. The van der Waals surface area contributed by atoms with Gasteiger partial charge in [-0.1, -0.05) is 17.2 Å². The minimum absolute atomic E-state index is 0.248. The molecule has 9 heteroatoms. The van der Waals surface area contributed by atoms with E-state index in [9.17, 15) is 5.21 Å². The van der Waals surface area contributed by atoms with Gasteiger partial charge in [-0.25, -0.2) is 4.98 Å². The van der Waals surface area contributed by atoms with Crippen LogP contribution in [0.25, 0.3) is 21.5 Å². The van der Waals surface area contributed by atoms with Gasteiger partial charge in [0.2, 0.25) is 0 Å². The van der Waals surface area contributed by atoms with E-state index in [0.29, 0.717) is 42.2 Å². The second kappa shape index (κ2) is 7.07. The number of ether oxygens (including phenoxy) is 1. The Labute approximate surface area is 114 Å². The summed E-state index contributed by atoms with van der Waals surface area (Å²) in [6, 6.07) is 6.96. The molecule has 20 heavy (non-hydrogen) atoms. The molecular formula is C11H13N7O2. The van der Waals surface area contributed by atoms with Gasteiger partial charge in [-0.15, -0.1) is 0 Å². The molecule has 0 spiro atoms. The van der Waals surface area contributed by atoms with Crippen LogP contribution in [0.2, 0.25) is 0 Å². The first kappa shape index (κ1) is 13.8. The maximum absolute atomic E-state index is 11.7. The van der Waals surface area contributed by atoms with Gasteiger partial charge in [-0.05, 0) is 16.4 Å². The van der Waals surface area contributed by atoms with E-state index < -0.39 is 0 Å². The molecule has 1 aromatic heterocycles. The molecule has 0 fully saturated rings. The molecular weight excluding hydrogens is 262 g/mol. The summed E-state index contributed by atoms with van der Waals surface area (Å²) in [4.78, 5) is 7.36. The predicted octanol–water partition coefficient (Wildman–Crippen LogP) is 1.00. The fourth-order valence-electron chi connectivity index (χ4n) is 1.56. The third-order valence-corrected chi connectivity index (χ3v) is 2.43. The molecule has 0 bridgehead atoms. The zero-order valence-corrected chi connectivity index (χ0v) is 10.6. The first-order valence-electron chi connectivity index (χ1n) is 6.00. The van der Waals surface area contributed by atoms with Gasteiger partial charge in [0.05, 0.1) is 18.3 Å². The van der Waals surface area contributed by atoms with Gasteiger partial charge in [-0.3, -0.25) is 0 Å². The maximum Gasteiger partial charge on any atom is 0.290 e. The molecule has 1 heterocycles. The average molecular weight is 275 g/mol. The molecule has 0 aliphatic heterocycles. The summed E-state index contributed by atoms with van der Waals surface area (Å²) in [5.41, 5.74) is 9.07. The van der Waals surface area contributed by atoms with E-state index in [1.807, 2.05) is 0 Å². The molecule has 0 radical (unpaired) electrons. The van der Waals surface area contributed by atoms with Crippen LogP contribution < -0.4 is 10.2 Å². The Morgan fingerprint density at radius 2 is 2.25 bits per heavy atom. The van der Waals surface area contributed by atoms with Crippen molar-refractivity contribution in [2.75, 3.05) is 31.6 Å². The third kappa shape index (κ3) is 3.67. The molecule has 0 unspecified atom stereocenters. The molecule has 0 saturated carbocycles. The second-order valence-corrected chi connectivity index (χ2v) is 3.79. The van der Waals surface area contributed by atoms with Gasteiger partial charge < -0.3 is 15.3 Å². The number of hydrogen-bond acceptors (Lipinski definition) is 6. The lowest BCUT2D eigenvalue weighted by Crippen LogP contribution is -2.33. The van der Waals surface area contributed by atoms with Crippen LogP contribution in [-0.2, 0) is 4.74 Å². The van der Waals surface area contributed by atoms with E-state index in [0.717, 1.165) is 0 Å². The van der Waals surface area contributed by atoms with Crippen LogP contribution in [0, 0.1) is 5.21 Å². The third-order valence-electron chi connectivity index (χ3n) is 2.43. The van der Waals surface area contributed by atoms with Crippen molar-refractivity contribution in [3.63, 3.8) is 0 Å². The monoisotopic (exact) mass is 275 g/mol. The van der Waals surface area contributed by atoms with Crippen LogP contribution in [0.4, 0.5) is 5.95 Å². The number of anilines is 1. The van der Waals surface area contributed by atoms with Crippen molar-refractivity contribution in [3.05, 3.63) is 39.9 Å². The number of azide groups is 1. The second-order valence-electron chi connectivity index (χ2n) is 3.79. The van der Waals surface area contributed by atoms with Crippen molar-refractivity contribution in [2.24, 2.45) is 5.11 Å². The highest BCUT2D eigenvalue weighted by atomic mass is 16.5. The Hall–Kier alpha value is -2.64. The van der Waals surface area contributed by atoms with Gasteiger partial charge in [0.1, 0.15) is 5.52 Å². The molecule has 104 valence electrons. The van der Waals surface area contributed by atoms with Gasteiger partial charge in [0.25, 0.3) is 11.5 Å². The van der Waals surface area contributed by atoms with E-state index in [1.54, 1.807) is 24.3 Å². The summed E-state index contributed by atoms with van der Waals surface area (Å²) in [5, 5.41) is 21.7. The van der Waals surface area contributed by atoms with Gasteiger partial charge in [0.15, 0.2) is 0 Å². The standard InChI is InChI=1S/C11H13N7O2/c12-17-14-6-8-20-7-5-13-11-15-9-3-1-2-4-10(9)18(19)16-11/h1-4H,5-8H2,(H,13,15,16). The van der Waals surface area contributed by atoms with E-state index >= 15 is 0 Å². The van der Waals surface area contributed by atoms with Crippen LogP contribution in [0.1, 0.15) is 0 Å². The maximum atomic E-state index is 11.7. The first-order valence-corrected chi connectivity index (χ1v) is 6.00. The van der Waals surface area contributed by atoms with Crippen LogP contribution in [-0.4, -0.2) is 36.4 Å².